The molecule has 0 saturated heterocycles. The van der Waals surface area contributed by atoms with E-state index in [9.17, 15) is 0 Å². The molecule has 1 heterocycles. The number of benzene rings is 5. The van der Waals surface area contributed by atoms with Gasteiger partial charge in [0.15, 0.2) is 0 Å². The Morgan fingerprint density at radius 3 is 1.69 bits per heavy atom. The fourth-order valence-corrected chi connectivity index (χ4v) is 7.62. The first-order chi connectivity index (χ1) is 19.3. The molecule has 2 aliphatic rings. The van der Waals surface area contributed by atoms with Crippen molar-refractivity contribution in [1.82, 2.24) is 0 Å². The topological polar surface area (TPSA) is 0 Å². The van der Waals surface area contributed by atoms with Crippen LogP contribution in [0.4, 0.5) is 0 Å². The fraction of sp³-hybridized carbons (Fsp3) is 0.0526. The van der Waals surface area contributed by atoms with Gasteiger partial charge in [-0.25, -0.2) is 0 Å². The molecule has 0 saturated carbocycles. The van der Waals surface area contributed by atoms with Crippen molar-refractivity contribution in [2.24, 2.45) is 11.8 Å². The summed E-state index contributed by atoms with van der Waals surface area (Å²) in [5, 5.41) is 5.40. The molecule has 39 heavy (non-hydrogen) atoms. The van der Waals surface area contributed by atoms with E-state index >= 15 is 0 Å². The van der Waals surface area contributed by atoms with Crippen LogP contribution in [0.2, 0.25) is 0 Å². The molecular weight excluding hydrogens is 488 g/mol. The van der Waals surface area contributed by atoms with Crippen molar-refractivity contribution in [3.8, 4) is 11.1 Å². The Morgan fingerprint density at radius 1 is 0.410 bits per heavy atom. The van der Waals surface area contributed by atoms with E-state index in [-0.39, 0.29) is 11.8 Å². The standard InChI is InChI=1S/C38H26S/c1-2-10-25(11-3-1)26-18-20-27(21-19-26)37-30-13-4-6-15-32(30)38(33-16-7-5-14-31(33)37)28-22-23-36-34(24-28)29-12-8-9-17-35(29)39-36/h1-24,30,32H. The molecule has 0 radical (unpaired) electrons. The molecule has 2 atom stereocenters. The number of allylic oxidation sites excluding steroid dienone is 4. The van der Waals surface area contributed by atoms with Crippen LogP contribution in [0.1, 0.15) is 11.1 Å². The fourth-order valence-electron chi connectivity index (χ4n) is 6.53. The molecule has 5 aromatic carbocycles. The number of fused-ring (bicyclic) bond motifs is 5. The van der Waals surface area contributed by atoms with Gasteiger partial charge in [0.25, 0.3) is 0 Å². The summed E-state index contributed by atoms with van der Waals surface area (Å²) in [6, 6.07) is 44.7. The van der Waals surface area contributed by atoms with Gasteiger partial charge in [-0.3, -0.25) is 0 Å². The zero-order valence-corrected chi connectivity index (χ0v) is 22.2. The van der Waals surface area contributed by atoms with Gasteiger partial charge in [0.1, 0.15) is 0 Å². The normalized spacial score (nSPS) is 17.9. The monoisotopic (exact) mass is 514 g/mol. The van der Waals surface area contributed by atoms with Crippen LogP contribution in [-0.2, 0) is 0 Å². The van der Waals surface area contributed by atoms with Crippen LogP contribution in [0.5, 0.6) is 0 Å². The predicted molar refractivity (Wildman–Crippen MR) is 167 cm³/mol. The maximum atomic E-state index is 2.43. The SMILES string of the molecule is C1=CC2C(c3ccc(-c4ccccc4)cc3)=c3ccccc3=C(c3ccc4sc5ccccc5c4c3)C2C=C1. The minimum absolute atomic E-state index is 0.288. The van der Waals surface area contributed by atoms with Gasteiger partial charge in [-0.2, -0.15) is 0 Å². The highest BCUT2D eigenvalue weighted by atomic mass is 32.1. The van der Waals surface area contributed by atoms with E-state index in [4.69, 9.17) is 0 Å². The van der Waals surface area contributed by atoms with E-state index in [2.05, 4.69) is 146 Å². The molecular formula is C38H26S. The molecule has 1 aromatic heterocycles. The van der Waals surface area contributed by atoms with Crippen LogP contribution in [0.15, 0.2) is 146 Å². The molecule has 0 amide bonds. The molecule has 0 nitrogen and oxygen atoms in total. The van der Waals surface area contributed by atoms with Gasteiger partial charge in [-0.1, -0.05) is 127 Å². The first kappa shape index (κ1) is 22.5. The third-order valence-electron chi connectivity index (χ3n) is 8.30. The Labute approximate surface area is 232 Å². The lowest BCUT2D eigenvalue weighted by molar-refractivity contribution is 0.686. The van der Waals surface area contributed by atoms with Crippen LogP contribution >= 0.6 is 11.3 Å². The molecule has 2 unspecified atom stereocenters. The third-order valence-corrected chi connectivity index (χ3v) is 9.45. The highest BCUT2D eigenvalue weighted by Crippen LogP contribution is 2.42. The Kier molecular flexibility index (Phi) is 5.24. The lowest BCUT2D eigenvalue weighted by Gasteiger charge is -2.33. The van der Waals surface area contributed by atoms with E-state index in [1.807, 2.05) is 11.3 Å². The number of rotatable bonds is 3. The molecule has 184 valence electrons. The van der Waals surface area contributed by atoms with Crippen molar-refractivity contribution in [2.45, 2.75) is 0 Å². The highest BCUT2D eigenvalue weighted by molar-refractivity contribution is 7.25. The second kappa shape index (κ2) is 9.08. The van der Waals surface area contributed by atoms with Gasteiger partial charge >= 0.3 is 0 Å². The average Bonchev–Trinajstić information content (AvgIpc) is 3.38. The van der Waals surface area contributed by atoms with Crippen molar-refractivity contribution in [2.75, 3.05) is 0 Å². The zero-order chi connectivity index (χ0) is 25.8. The first-order valence-electron chi connectivity index (χ1n) is 13.6. The summed E-state index contributed by atoms with van der Waals surface area (Å²) in [4.78, 5) is 0. The molecule has 0 spiro atoms. The quantitative estimate of drug-likeness (QED) is 0.222. The number of hydrogen-bond donors (Lipinski definition) is 0. The summed E-state index contributed by atoms with van der Waals surface area (Å²) in [5.74, 6) is 0.577. The number of hydrogen-bond acceptors (Lipinski definition) is 1. The molecule has 1 heteroatoms. The summed E-state index contributed by atoms with van der Waals surface area (Å²) in [6.07, 6.45) is 9.26. The second-order valence-corrected chi connectivity index (χ2v) is 11.5. The minimum atomic E-state index is 0.288. The van der Waals surface area contributed by atoms with Gasteiger partial charge in [0.2, 0.25) is 0 Å². The maximum Gasteiger partial charge on any atom is 0.0355 e. The zero-order valence-electron chi connectivity index (χ0n) is 21.4. The van der Waals surface area contributed by atoms with Crippen molar-refractivity contribution in [1.29, 1.82) is 0 Å². The van der Waals surface area contributed by atoms with Crippen LogP contribution < -0.4 is 10.4 Å². The maximum absolute atomic E-state index is 2.43. The molecule has 8 rings (SSSR count). The Hall–Kier alpha value is -4.46. The van der Waals surface area contributed by atoms with Gasteiger partial charge in [-0.15, -0.1) is 11.3 Å². The molecule has 0 N–H and O–H groups in total. The van der Waals surface area contributed by atoms with Crippen molar-refractivity contribution >= 4 is 42.7 Å². The molecule has 0 aliphatic heterocycles. The smallest absolute Gasteiger partial charge is 0.0355 e. The van der Waals surface area contributed by atoms with E-state index in [0.29, 0.717) is 0 Å². The minimum Gasteiger partial charge on any atom is -0.135 e. The average molecular weight is 515 g/mol. The van der Waals surface area contributed by atoms with E-state index in [1.54, 1.807) is 0 Å². The lowest BCUT2D eigenvalue weighted by Crippen LogP contribution is -2.40. The van der Waals surface area contributed by atoms with Crippen molar-refractivity contribution in [3.05, 3.63) is 167 Å². The third kappa shape index (κ3) is 3.66. The number of thiophene rings is 1. The van der Waals surface area contributed by atoms with E-state index in [0.717, 1.165) is 0 Å². The summed E-state index contributed by atoms with van der Waals surface area (Å²) in [6.45, 7) is 0. The molecule has 0 bridgehead atoms. The first-order valence-corrected chi connectivity index (χ1v) is 14.4. The van der Waals surface area contributed by atoms with E-state index in [1.165, 1.54) is 64.0 Å². The summed E-state index contributed by atoms with van der Waals surface area (Å²) >= 11 is 1.88. The van der Waals surface area contributed by atoms with E-state index < -0.39 is 0 Å². The summed E-state index contributed by atoms with van der Waals surface area (Å²) in [5.41, 5.74) is 7.98. The van der Waals surface area contributed by atoms with Crippen LogP contribution in [0.25, 0.3) is 42.4 Å². The Morgan fingerprint density at radius 2 is 0.949 bits per heavy atom. The second-order valence-electron chi connectivity index (χ2n) is 10.4. The molecule has 0 fully saturated rings. The summed E-state index contributed by atoms with van der Waals surface area (Å²) in [7, 11) is 0. The Balaban J connectivity index is 1.38. The highest BCUT2D eigenvalue weighted by Gasteiger charge is 2.31. The molecule has 2 aliphatic carbocycles. The van der Waals surface area contributed by atoms with Gasteiger partial charge < -0.3 is 0 Å². The van der Waals surface area contributed by atoms with Crippen LogP contribution in [0, 0.1) is 11.8 Å². The Bertz CT molecular complexity index is 2050. The van der Waals surface area contributed by atoms with Crippen molar-refractivity contribution in [3.63, 3.8) is 0 Å². The van der Waals surface area contributed by atoms with Gasteiger partial charge in [-0.05, 0) is 62.0 Å². The van der Waals surface area contributed by atoms with Crippen molar-refractivity contribution < 1.29 is 0 Å². The molecule has 6 aromatic rings. The van der Waals surface area contributed by atoms with Crippen LogP contribution in [0.3, 0.4) is 0 Å². The largest absolute Gasteiger partial charge is 0.135 e. The van der Waals surface area contributed by atoms with Crippen LogP contribution in [-0.4, -0.2) is 0 Å². The lowest BCUT2D eigenvalue weighted by atomic mass is 9.70. The summed E-state index contributed by atoms with van der Waals surface area (Å²) < 4.78 is 2.71. The van der Waals surface area contributed by atoms with Gasteiger partial charge in [0.05, 0.1) is 0 Å². The predicted octanol–water partition coefficient (Wildman–Crippen LogP) is 8.49. The van der Waals surface area contributed by atoms with Gasteiger partial charge in [0, 0.05) is 32.0 Å².